The van der Waals surface area contributed by atoms with Crippen LogP contribution in [0.2, 0.25) is 0 Å². The highest BCUT2D eigenvalue weighted by Crippen LogP contribution is 2.28. The summed E-state index contributed by atoms with van der Waals surface area (Å²) in [6.07, 6.45) is 3.41. The topological polar surface area (TPSA) is 50.7 Å². The normalized spacial score (nSPS) is 10.4. The predicted octanol–water partition coefficient (Wildman–Crippen LogP) is 3.87. The zero-order chi connectivity index (χ0) is 12.4. The molecule has 0 amide bonds. The van der Waals surface area contributed by atoms with Crippen molar-refractivity contribution in [1.29, 1.82) is 0 Å². The molecule has 0 atom stereocenters. The molecule has 2 aromatic rings. The molecule has 0 bridgehead atoms. The largest absolute Gasteiger partial charge is 0.372 e. The van der Waals surface area contributed by atoms with Crippen LogP contribution in [-0.4, -0.2) is 22.0 Å². The smallest absolute Gasteiger partial charge is 0.181 e. The van der Waals surface area contributed by atoms with Crippen LogP contribution in [0.3, 0.4) is 0 Å². The fourth-order valence-electron chi connectivity index (χ4n) is 1.24. The van der Waals surface area contributed by atoms with Crippen molar-refractivity contribution in [3.8, 4) is 11.5 Å². The maximum atomic E-state index is 4.37. The fourth-order valence-corrected chi connectivity index (χ4v) is 2.79. The van der Waals surface area contributed by atoms with Gasteiger partial charge in [-0.1, -0.05) is 0 Å². The number of aromatic nitrogens is 3. The molecule has 2 aromatic heterocycles. The molecule has 0 aliphatic rings. The first kappa shape index (κ1) is 12.9. The van der Waals surface area contributed by atoms with E-state index in [9.17, 15) is 0 Å². The van der Waals surface area contributed by atoms with Gasteiger partial charge in [0.05, 0.1) is 4.47 Å². The second-order valence-corrected chi connectivity index (χ2v) is 5.75. The summed E-state index contributed by atoms with van der Waals surface area (Å²) in [5.74, 6) is 1.29. The summed E-state index contributed by atoms with van der Waals surface area (Å²) in [5, 5.41) is 2.99. The molecule has 17 heavy (non-hydrogen) atoms. The summed E-state index contributed by atoms with van der Waals surface area (Å²) >= 11 is 10.2. The lowest BCUT2D eigenvalue weighted by Crippen LogP contribution is -1.99. The molecular weight excluding hydrogens is 416 g/mol. The highest BCUT2D eigenvalue weighted by Gasteiger charge is 2.10. The van der Waals surface area contributed by atoms with Gasteiger partial charge in [0.15, 0.2) is 5.82 Å². The number of nitrogens with one attached hydrogen (secondary N) is 1. The lowest BCUT2D eigenvalue weighted by atomic mass is 10.3. The summed E-state index contributed by atoms with van der Waals surface area (Å²) in [5.41, 5.74) is 0.706. The van der Waals surface area contributed by atoms with Crippen molar-refractivity contribution in [1.82, 2.24) is 15.0 Å². The van der Waals surface area contributed by atoms with Gasteiger partial charge in [0.2, 0.25) is 0 Å². The van der Waals surface area contributed by atoms with Gasteiger partial charge in [-0.2, -0.15) is 0 Å². The van der Waals surface area contributed by atoms with E-state index in [4.69, 9.17) is 0 Å². The minimum absolute atomic E-state index is 0.567. The van der Waals surface area contributed by atoms with Crippen LogP contribution in [0, 0.1) is 0 Å². The summed E-state index contributed by atoms with van der Waals surface area (Å²) < 4.78 is 2.56. The average molecular weight is 423 g/mol. The summed E-state index contributed by atoms with van der Waals surface area (Å²) in [6, 6.07) is 1.91. The van der Waals surface area contributed by atoms with E-state index in [1.807, 2.05) is 6.07 Å². The Balaban J connectivity index is 2.53. The quantitative estimate of drug-likeness (QED) is 0.798. The van der Waals surface area contributed by atoms with E-state index in [-0.39, 0.29) is 0 Å². The van der Waals surface area contributed by atoms with Crippen molar-refractivity contribution in [2.75, 3.05) is 12.4 Å². The molecule has 0 unspecified atom stereocenters. The maximum absolute atomic E-state index is 4.37. The van der Waals surface area contributed by atoms with Crippen LogP contribution < -0.4 is 5.32 Å². The Morgan fingerprint density at radius 2 is 1.82 bits per heavy atom. The Bertz CT molecular complexity index is 559. The molecule has 88 valence electrons. The number of halogens is 3. The Labute approximate surface area is 124 Å². The van der Waals surface area contributed by atoms with Crippen molar-refractivity contribution < 1.29 is 0 Å². The van der Waals surface area contributed by atoms with Crippen LogP contribution in [-0.2, 0) is 0 Å². The molecule has 0 fully saturated rings. The van der Waals surface area contributed by atoms with E-state index < -0.39 is 0 Å². The van der Waals surface area contributed by atoms with Crippen molar-refractivity contribution in [2.45, 2.75) is 0 Å². The third-order valence-electron chi connectivity index (χ3n) is 2.00. The standard InChI is InChI=1S/C10H7Br3N4/c1-14-9-7(13)4-16-10(17-9)8-6(12)2-5(11)3-15-8/h2-4H,1H3,(H,14,16,17). The first-order chi connectivity index (χ1) is 8.11. The molecule has 4 nitrogen and oxygen atoms in total. The van der Waals surface area contributed by atoms with E-state index in [1.165, 1.54) is 0 Å². The number of hydrogen-bond donors (Lipinski definition) is 1. The Morgan fingerprint density at radius 3 is 2.47 bits per heavy atom. The SMILES string of the molecule is CNc1nc(-c2ncc(Br)cc2Br)ncc1Br. The molecule has 2 rings (SSSR count). The molecule has 0 saturated carbocycles. The van der Waals surface area contributed by atoms with Gasteiger partial charge < -0.3 is 5.32 Å². The van der Waals surface area contributed by atoms with Crippen LogP contribution in [0.25, 0.3) is 11.5 Å². The maximum Gasteiger partial charge on any atom is 0.181 e. The number of nitrogens with zero attached hydrogens (tertiary/aromatic N) is 3. The highest BCUT2D eigenvalue weighted by molar-refractivity contribution is 9.11. The molecule has 0 radical (unpaired) electrons. The van der Waals surface area contributed by atoms with Crippen LogP contribution in [0.1, 0.15) is 0 Å². The third kappa shape index (κ3) is 2.83. The van der Waals surface area contributed by atoms with E-state index in [2.05, 4.69) is 68.1 Å². The molecule has 0 saturated heterocycles. The van der Waals surface area contributed by atoms with Gasteiger partial charge in [0.1, 0.15) is 11.5 Å². The van der Waals surface area contributed by atoms with Gasteiger partial charge in [0.25, 0.3) is 0 Å². The number of rotatable bonds is 2. The van der Waals surface area contributed by atoms with Gasteiger partial charge in [-0.25, -0.2) is 9.97 Å². The molecular formula is C10H7Br3N4. The number of hydrogen-bond acceptors (Lipinski definition) is 4. The molecule has 0 spiro atoms. The Morgan fingerprint density at radius 1 is 1.06 bits per heavy atom. The Kier molecular flexibility index (Phi) is 4.11. The van der Waals surface area contributed by atoms with E-state index in [0.717, 1.165) is 19.2 Å². The number of pyridine rings is 1. The van der Waals surface area contributed by atoms with Gasteiger partial charge >= 0.3 is 0 Å². The summed E-state index contributed by atoms with van der Waals surface area (Å²) in [6.45, 7) is 0. The van der Waals surface area contributed by atoms with E-state index >= 15 is 0 Å². The van der Waals surface area contributed by atoms with Gasteiger partial charge in [-0.3, -0.25) is 4.98 Å². The molecule has 0 aliphatic carbocycles. The lowest BCUT2D eigenvalue weighted by Gasteiger charge is -2.06. The zero-order valence-electron chi connectivity index (χ0n) is 8.71. The molecule has 0 aliphatic heterocycles. The lowest BCUT2D eigenvalue weighted by molar-refractivity contribution is 1.11. The van der Waals surface area contributed by atoms with Gasteiger partial charge in [-0.05, 0) is 53.9 Å². The summed E-state index contributed by atoms with van der Waals surface area (Å²) in [7, 11) is 1.81. The van der Waals surface area contributed by atoms with Crippen LogP contribution in [0.15, 0.2) is 31.9 Å². The van der Waals surface area contributed by atoms with Crippen LogP contribution in [0.4, 0.5) is 5.82 Å². The average Bonchev–Trinajstić information content (AvgIpc) is 2.30. The van der Waals surface area contributed by atoms with Gasteiger partial charge in [-0.15, -0.1) is 0 Å². The molecule has 2 heterocycles. The zero-order valence-corrected chi connectivity index (χ0v) is 13.5. The highest BCUT2D eigenvalue weighted by atomic mass is 79.9. The van der Waals surface area contributed by atoms with E-state index in [1.54, 1.807) is 19.4 Å². The second-order valence-electron chi connectivity index (χ2n) is 3.12. The monoisotopic (exact) mass is 420 g/mol. The second kappa shape index (κ2) is 5.41. The van der Waals surface area contributed by atoms with Crippen molar-refractivity contribution >= 4 is 53.6 Å². The first-order valence-electron chi connectivity index (χ1n) is 4.63. The fraction of sp³-hybridized carbons (Fsp3) is 0.100. The van der Waals surface area contributed by atoms with Crippen molar-refractivity contribution in [3.05, 3.63) is 31.9 Å². The van der Waals surface area contributed by atoms with Crippen molar-refractivity contribution in [3.63, 3.8) is 0 Å². The van der Waals surface area contributed by atoms with Gasteiger partial charge in [0, 0.05) is 28.4 Å². The number of anilines is 1. The Hall–Kier alpha value is -0.530. The van der Waals surface area contributed by atoms with Crippen LogP contribution >= 0.6 is 47.8 Å². The molecule has 1 N–H and O–H groups in total. The minimum Gasteiger partial charge on any atom is -0.372 e. The predicted molar refractivity (Wildman–Crippen MR) is 77.9 cm³/mol. The molecule has 0 aromatic carbocycles. The minimum atomic E-state index is 0.567. The van der Waals surface area contributed by atoms with Crippen LogP contribution in [0.5, 0.6) is 0 Å². The molecule has 7 heteroatoms. The van der Waals surface area contributed by atoms with Crippen molar-refractivity contribution in [2.24, 2.45) is 0 Å². The summed E-state index contributed by atoms with van der Waals surface area (Å²) in [4.78, 5) is 12.9. The third-order valence-corrected chi connectivity index (χ3v) is 3.62. The van der Waals surface area contributed by atoms with E-state index in [0.29, 0.717) is 11.5 Å². The first-order valence-corrected chi connectivity index (χ1v) is 7.01.